The fraction of sp³-hybridized carbons (Fsp3) is 0.158. The molecule has 1 heterocycles. The maximum Gasteiger partial charge on any atom is 0.157 e. The summed E-state index contributed by atoms with van der Waals surface area (Å²) in [6, 6.07) is 8.97. The number of benzene rings is 2. The average molecular weight is 450 g/mol. The van der Waals surface area contributed by atoms with Crippen molar-refractivity contribution in [2.24, 2.45) is 4.99 Å². The SMILES string of the molecule is CNc1n[nH]c(-c2cc(Br)ccc2OC)c1/C=N\CNc1ccc(F)cc1F. The summed E-state index contributed by atoms with van der Waals surface area (Å²) < 4.78 is 33.0. The Morgan fingerprint density at radius 1 is 1.25 bits per heavy atom. The first-order valence-electron chi connectivity index (χ1n) is 8.32. The number of rotatable bonds is 7. The van der Waals surface area contributed by atoms with Gasteiger partial charge < -0.3 is 15.4 Å². The molecule has 0 aliphatic carbocycles. The standard InChI is InChI=1S/C19H18BrF2N5O/c1-23-19-14(9-24-10-25-16-5-4-12(21)8-15(16)22)18(26-27-19)13-7-11(20)3-6-17(13)28-2/h3-9,25H,10H2,1-2H3,(H2,23,26,27)/b24-9-. The molecule has 0 atom stereocenters. The first-order chi connectivity index (χ1) is 13.5. The highest BCUT2D eigenvalue weighted by Crippen LogP contribution is 2.34. The van der Waals surface area contributed by atoms with E-state index in [1.165, 1.54) is 12.1 Å². The molecule has 0 amide bonds. The summed E-state index contributed by atoms with van der Waals surface area (Å²) in [5.74, 6) is -0.0189. The van der Waals surface area contributed by atoms with E-state index in [0.29, 0.717) is 11.6 Å². The van der Waals surface area contributed by atoms with Crippen LogP contribution in [0.15, 0.2) is 45.9 Å². The molecule has 0 spiro atoms. The molecule has 0 bridgehead atoms. The van der Waals surface area contributed by atoms with E-state index in [1.54, 1.807) is 20.4 Å². The van der Waals surface area contributed by atoms with Crippen molar-refractivity contribution < 1.29 is 13.5 Å². The number of halogens is 3. The molecule has 0 radical (unpaired) electrons. The highest BCUT2D eigenvalue weighted by molar-refractivity contribution is 9.10. The molecule has 9 heteroatoms. The van der Waals surface area contributed by atoms with Crippen LogP contribution in [0.2, 0.25) is 0 Å². The number of methoxy groups -OCH3 is 1. The Hall–Kier alpha value is -2.94. The minimum atomic E-state index is -0.672. The lowest BCUT2D eigenvalue weighted by Gasteiger charge is -2.09. The zero-order valence-electron chi connectivity index (χ0n) is 15.2. The van der Waals surface area contributed by atoms with Crippen molar-refractivity contribution in [3.63, 3.8) is 0 Å². The minimum absolute atomic E-state index is 0.103. The normalized spacial score (nSPS) is 11.0. The van der Waals surface area contributed by atoms with E-state index >= 15 is 0 Å². The van der Waals surface area contributed by atoms with Gasteiger partial charge in [-0.3, -0.25) is 10.1 Å². The van der Waals surface area contributed by atoms with E-state index in [1.807, 2.05) is 18.2 Å². The van der Waals surface area contributed by atoms with Crippen molar-refractivity contribution in [2.45, 2.75) is 0 Å². The maximum absolute atomic E-state index is 13.7. The predicted octanol–water partition coefficient (Wildman–Crippen LogP) is 4.66. The van der Waals surface area contributed by atoms with Gasteiger partial charge in [0, 0.05) is 29.4 Å². The van der Waals surface area contributed by atoms with E-state index in [2.05, 4.69) is 41.8 Å². The van der Waals surface area contributed by atoms with Crippen LogP contribution in [-0.4, -0.2) is 37.2 Å². The van der Waals surface area contributed by atoms with Gasteiger partial charge in [-0.1, -0.05) is 15.9 Å². The van der Waals surface area contributed by atoms with Crippen LogP contribution < -0.4 is 15.4 Å². The highest BCUT2D eigenvalue weighted by atomic mass is 79.9. The molecule has 3 N–H and O–H groups in total. The second-order valence-corrected chi connectivity index (χ2v) is 6.64. The summed E-state index contributed by atoms with van der Waals surface area (Å²) in [4.78, 5) is 4.30. The second kappa shape index (κ2) is 8.83. The third kappa shape index (κ3) is 4.30. The van der Waals surface area contributed by atoms with Gasteiger partial charge in [0.25, 0.3) is 0 Å². The van der Waals surface area contributed by atoms with Gasteiger partial charge in [-0.2, -0.15) is 5.10 Å². The Balaban J connectivity index is 1.85. The molecule has 0 aliphatic rings. The fourth-order valence-corrected chi connectivity index (χ4v) is 3.01. The second-order valence-electron chi connectivity index (χ2n) is 5.73. The summed E-state index contributed by atoms with van der Waals surface area (Å²) in [6.45, 7) is 0.103. The molecule has 6 nitrogen and oxygen atoms in total. The number of aliphatic imine (C=N–C) groups is 1. The summed E-state index contributed by atoms with van der Waals surface area (Å²) in [5.41, 5.74) is 2.43. The number of hydrogen-bond acceptors (Lipinski definition) is 5. The average Bonchev–Trinajstić information content (AvgIpc) is 3.09. The number of aromatic nitrogens is 2. The monoisotopic (exact) mass is 449 g/mol. The molecule has 0 unspecified atom stereocenters. The van der Waals surface area contributed by atoms with Crippen LogP contribution in [-0.2, 0) is 0 Å². The van der Waals surface area contributed by atoms with Crippen molar-refractivity contribution in [2.75, 3.05) is 31.5 Å². The number of hydrogen-bond donors (Lipinski definition) is 3. The van der Waals surface area contributed by atoms with Crippen LogP contribution in [0.5, 0.6) is 5.75 Å². The molecule has 146 valence electrons. The predicted molar refractivity (Wildman–Crippen MR) is 110 cm³/mol. The molecule has 1 aromatic heterocycles. The van der Waals surface area contributed by atoms with Crippen LogP contribution in [0.4, 0.5) is 20.3 Å². The number of aromatic amines is 1. The third-order valence-corrected chi connectivity index (χ3v) is 4.48. The summed E-state index contributed by atoms with van der Waals surface area (Å²) >= 11 is 3.46. The van der Waals surface area contributed by atoms with Crippen molar-refractivity contribution in [1.82, 2.24) is 10.2 Å². The Bertz CT molecular complexity index is 1010. The Kier molecular flexibility index (Phi) is 6.25. The molecular weight excluding hydrogens is 432 g/mol. The number of nitrogens with one attached hydrogen (secondary N) is 3. The number of anilines is 2. The van der Waals surface area contributed by atoms with Gasteiger partial charge in [0.1, 0.15) is 24.1 Å². The smallest absolute Gasteiger partial charge is 0.157 e. The molecule has 0 saturated carbocycles. The molecule has 0 fully saturated rings. The van der Waals surface area contributed by atoms with E-state index in [-0.39, 0.29) is 12.4 Å². The molecule has 3 rings (SSSR count). The first-order valence-corrected chi connectivity index (χ1v) is 9.11. The van der Waals surface area contributed by atoms with E-state index in [0.717, 1.165) is 27.4 Å². The third-order valence-electron chi connectivity index (χ3n) is 3.98. The first kappa shape index (κ1) is 19.8. The zero-order valence-corrected chi connectivity index (χ0v) is 16.8. The van der Waals surface area contributed by atoms with Gasteiger partial charge in [-0.25, -0.2) is 8.78 Å². The molecule has 0 saturated heterocycles. The zero-order chi connectivity index (χ0) is 20.1. The summed E-state index contributed by atoms with van der Waals surface area (Å²) in [5, 5.41) is 13.1. The summed E-state index contributed by atoms with van der Waals surface area (Å²) in [7, 11) is 3.35. The lowest BCUT2D eigenvalue weighted by atomic mass is 10.1. The molecule has 2 aromatic carbocycles. The van der Waals surface area contributed by atoms with Crippen LogP contribution in [0.1, 0.15) is 5.56 Å². The van der Waals surface area contributed by atoms with Gasteiger partial charge in [0.2, 0.25) is 0 Å². The van der Waals surface area contributed by atoms with Crippen LogP contribution in [0, 0.1) is 11.6 Å². The van der Waals surface area contributed by atoms with Gasteiger partial charge in [-0.15, -0.1) is 0 Å². The Morgan fingerprint density at radius 3 is 2.79 bits per heavy atom. The Labute approximate surface area is 169 Å². The Morgan fingerprint density at radius 2 is 2.07 bits per heavy atom. The lowest BCUT2D eigenvalue weighted by Crippen LogP contribution is -2.02. The van der Waals surface area contributed by atoms with E-state index in [9.17, 15) is 8.78 Å². The highest BCUT2D eigenvalue weighted by Gasteiger charge is 2.16. The molecule has 0 aliphatic heterocycles. The fourth-order valence-electron chi connectivity index (χ4n) is 2.65. The van der Waals surface area contributed by atoms with Crippen LogP contribution >= 0.6 is 15.9 Å². The van der Waals surface area contributed by atoms with Gasteiger partial charge in [0.05, 0.1) is 24.1 Å². The van der Waals surface area contributed by atoms with Crippen molar-refractivity contribution in [3.05, 3.63) is 58.1 Å². The quantitative estimate of drug-likeness (QED) is 0.458. The molecular formula is C19H18BrF2N5O. The van der Waals surface area contributed by atoms with E-state index < -0.39 is 11.6 Å². The van der Waals surface area contributed by atoms with Crippen molar-refractivity contribution >= 4 is 33.6 Å². The van der Waals surface area contributed by atoms with Gasteiger partial charge in [0.15, 0.2) is 5.82 Å². The van der Waals surface area contributed by atoms with Crippen LogP contribution in [0.3, 0.4) is 0 Å². The topological polar surface area (TPSA) is 74.3 Å². The largest absolute Gasteiger partial charge is 0.496 e. The van der Waals surface area contributed by atoms with Crippen molar-refractivity contribution in [3.8, 4) is 17.0 Å². The molecule has 28 heavy (non-hydrogen) atoms. The lowest BCUT2D eigenvalue weighted by molar-refractivity contribution is 0.416. The van der Waals surface area contributed by atoms with Gasteiger partial charge in [-0.05, 0) is 30.3 Å². The number of ether oxygens (including phenoxy) is 1. The molecule has 3 aromatic rings. The number of nitrogens with zero attached hydrogens (tertiary/aromatic N) is 2. The summed E-state index contributed by atoms with van der Waals surface area (Å²) in [6.07, 6.45) is 1.62. The van der Waals surface area contributed by atoms with Crippen LogP contribution in [0.25, 0.3) is 11.3 Å². The van der Waals surface area contributed by atoms with Gasteiger partial charge >= 0.3 is 0 Å². The van der Waals surface area contributed by atoms with Crippen molar-refractivity contribution in [1.29, 1.82) is 0 Å². The van der Waals surface area contributed by atoms with E-state index in [4.69, 9.17) is 4.74 Å². The maximum atomic E-state index is 13.7. The number of H-pyrrole nitrogens is 1. The minimum Gasteiger partial charge on any atom is -0.496 e.